The summed E-state index contributed by atoms with van der Waals surface area (Å²) in [6, 6.07) is 8.19. The number of hydrogen-bond donors (Lipinski definition) is 1. The molecular weight excluding hydrogens is 246 g/mol. The summed E-state index contributed by atoms with van der Waals surface area (Å²) in [6.45, 7) is 6.00. The lowest BCUT2D eigenvalue weighted by molar-refractivity contribution is 0.497. The molecule has 0 aliphatic rings. The lowest BCUT2D eigenvalue weighted by Crippen LogP contribution is -2.19. The first-order valence-corrected chi connectivity index (χ1v) is 6.41. The van der Waals surface area contributed by atoms with Gasteiger partial charge in [0.2, 0.25) is 0 Å². The summed E-state index contributed by atoms with van der Waals surface area (Å²) in [6.07, 6.45) is 0. The Morgan fingerprint density at radius 1 is 1.17 bits per heavy atom. The summed E-state index contributed by atoms with van der Waals surface area (Å²) in [4.78, 5) is 0. The zero-order valence-corrected chi connectivity index (χ0v) is 11.9. The summed E-state index contributed by atoms with van der Waals surface area (Å²) in [5.74, 6) is 1.88. The second kappa shape index (κ2) is 5.17. The van der Waals surface area contributed by atoms with Crippen molar-refractivity contribution in [1.29, 1.82) is 0 Å². The molecule has 0 radical (unpaired) electrons. The van der Waals surface area contributed by atoms with Crippen LogP contribution in [0.3, 0.4) is 0 Å². The third-order valence-electron chi connectivity index (χ3n) is 3.30. The average molecular weight is 264 g/mol. The molecule has 1 N–H and O–H groups in total. The highest BCUT2D eigenvalue weighted by Crippen LogP contribution is 2.31. The van der Waals surface area contributed by atoms with E-state index in [-0.39, 0.29) is 6.04 Å². The Hall–Kier alpha value is -1.25. The molecule has 0 bridgehead atoms. The van der Waals surface area contributed by atoms with E-state index in [1.54, 1.807) is 0 Å². The third-order valence-corrected chi connectivity index (χ3v) is 3.71. The molecule has 2 aromatic rings. The van der Waals surface area contributed by atoms with Gasteiger partial charge in [0.05, 0.1) is 6.04 Å². The summed E-state index contributed by atoms with van der Waals surface area (Å²) in [5, 5.41) is 4.14. The SMILES string of the molecule is CNC(c1cc(C)oc1C)c1cccc(Cl)c1C. The van der Waals surface area contributed by atoms with Crippen LogP contribution in [0.1, 0.15) is 34.3 Å². The number of nitrogens with one attached hydrogen (secondary N) is 1. The molecule has 2 rings (SSSR count). The number of halogens is 1. The fourth-order valence-electron chi connectivity index (χ4n) is 2.35. The van der Waals surface area contributed by atoms with Gasteiger partial charge in [-0.3, -0.25) is 0 Å². The van der Waals surface area contributed by atoms with Gasteiger partial charge in [0, 0.05) is 10.6 Å². The maximum absolute atomic E-state index is 6.20. The van der Waals surface area contributed by atoms with E-state index in [0.717, 1.165) is 22.1 Å². The first-order valence-electron chi connectivity index (χ1n) is 6.03. The molecule has 18 heavy (non-hydrogen) atoms. The minimum Gasteiger partial charge on any atom is -0.466 e. The maximum atomic E-state index is 6.20. The van der Waals surface area contributed by atoms with Crippen LogP contribution < -0.4 is 5.32 Å². The summed E-state index contributed by atoms with van der Waals surface area (Å²) in [7, 11) is 1.95. The van der Waals surface area contributed by atoms with Crippen molar-refractivity contribution < 1.29 is 4.42 Å². The molecule has 1 heterocycles. The van der Waals surface area contributed by atoms with E-state index in [9.17, 15) is 0 Å². The molecule has 0 aliphatic heterocycles. The van der Waals surface area contributed by atoms with Crippen LogP contribution in [-0.2, 0) is 0 Å². The molecule has 3 heteroatoms. The minimum absolute atomic E-state index is 0.112. The van der Waals surface area contributed by atoms with Gasteiger partial charge in [0.15, 0.2) is 0 Å². The highest BCUT2D eigenvalue weighted by Gasteiger charge is 2.19. The van der Waals surface area contributed by atoms with Crippen LogP contribution >= 0.6 is 11.6 Å². The Bertz CT molecular complexity index is 560. The first-order chi connectivity index (χ1) is 8.54. The van der Waals surface area contributed by atoms with Crippen LogP contribution in [0.15, 0.2) is 28.7 Å². The molecule has 2 nitrogen and oxygen atoms in total. The lowest BCUT2D eigenvalue weighted by Gasteiger charge is -2.19. The number of aryl methyl sites for hydroxylation is 2. The number of benzene rings is 1. The Labute approximate surface area is 113 Å². The number of furan rings is 1. The fraction of sp³-hybridized carbons (Fsp3) is 0.333. The Morgan fingerprint density at radius 3 is 2.44 bits per heavy atom. The van der Waals surface area contributed by atoms with Gasteiger partial charge >= 0.3 is 0 Å². The van der Waals surface area contributed by atoms with Crippen LogP contribution in [0.4, 0.5) is 0 Å². The van der Waals surface area contributed by atoms with Gasteiger partial charge in [-0.05, 0) is 51.1 Å². The zero-order valence-electron chi connectivity index (χ0n) is 11.2. The van der Waals surface area contributed by atoms with Crippen molar-refractivity contribution >= 4 is 11.6 Å². The summed E-state index contributed by atoms with van der Waals surface area (Å²) >= 11 is 6.20. The zero-order chi connectivity index (χ0) is 13.3. The van der Waals surface area contributed by atoms with Gasteiger partial charge in [-0.1, -0.05) is 23.7 Å². The lowest BCUT2D eigenvalue weighted by atomic mass is 9.95. The quantitative estimate of drug-likeness (QED) is 0.899. The smallest absolute Gasteiger partial charge is 0.106 e. The normalized spacial score (nSPS) is 12.7. The van der Waals surface area contributed by atoms with Gasteiger partial charge in [0.1, 0.15) is 11.5 Å². The van der Waals surface area contributed by atoms with Crippen molar-refractivity contribution in [2.75, 3.05) is 7.05 Å². The second-order valence-corrected chi connectivity index (χ2v) is 4.95. The van der Waals surface area contributed by atoms with Gasteiger partial charge in [0.25, 0.3) is 0 Å². The molecule has 1 aromatic carbocycles. The van der Waals surface area contributed by atoms with E-state index in [1.807, 2.05) is 40.0 Å². The van der Waals surface area contributed by atoms with E-state index in [2.05, 4.69) is 17.4 Å². The molecule has 1 unspecified atom stereocenters. The Kier molecular flexibility index (Phi) is 3.79. The maximum Gasteiger partial charge on any atom is 0.106 e. The van der Waals surface area contributed by atoms with Crippen molar-refractivity contribution in [1.82, 2.24) is 5.32 Å². The van der Waals surface area contributed by atoms with Gasteiger partial charge in [-0.25, -0.2) is 0 Å². The van der Waals surface area contributed by atoms with E-state index < -0.39 is 0 Å². The van der Waals surface area contributed by atoms with Gasteiger partial charge in [-0.15, -0.1) is 0 Å². The van der Waals surface area contributed by atoms with Crippen LogP contribution in [0.2, 0.25) is 5.02 Å². The average Bonchev–Trinajstić information content (AvgIpc) is 2.65. The topological polar surface area (TPSA) is 25.2 Å². The molecule has 0 saturated carbocycles. The predicted octanol–water partition coefficient (Wildman–Crippen LogP) is 4.17. The minimum atomic E-state index is 0.112. The molecule has 0 aliphatic carbocycles. The summed E-state index contributed by atoms with van der Waals surface area (Å²) in [5.41, 5.74) is 3.46. The fourth-order valence-corrected chi connectivity index (χ4v) is 2.53. The van der Waals surface area contributed by atoms with Gasteiger partial charge < -0.3 is 9.73 Å². The highest BCUT2D eigenvalue weighted by atomic mass is 35.5. The van der Waals surface area contributed by atoms with Crippen molar-refractivity contribution in [3.63, 3.8) is 0 Å². The largest absolute Gasteiger partial charge is 0.466 e. The van der Waals surface area contributed by atoms with Crippen molar-refractivity contribution in [3.8, 4) is 0 Å². The molecule has 0 spiro atoms. The molecular formula is C15H18ClNO. The molecule has 0 fully saturated rings. The highest BCUT2D eigenvalue weighted by molar-refractivity contribution is 6.31. The van der Waals surface area contributed by atoms with Gasteiger partial charge in [-0.2, -0.15) is 0 Å². The van der Waals surface area contributed by atoms with E-state index >= 15 is 0 Å². The molecule has 1 aromatic heterocycles. The number of rotatable bonds is 3. The number of hydrogen-bond acceptors (Lipinski definition) is 2. The first kappa shape index (κ1) is 13.2. The summed E-state index contributed by atoms with van der Waals surface area (Å²) < 4.78 is 5.62. The molecule has 0 saturated heterocycles. The van der Waals surface area contributed by atoms with Crippen molar-refractivity contribution in [3.05, 3.63) is 57.5 Å². The van der Waals surface area contributed by atoms with Crippen LogP contribution in [0.25, 0.3) is 0 Å². The van der Waals surface area contributed by atoms with Crippen LogP contribution in [-0.4, -0.2) is 7.05 Å². The van der Waals surface area contributed by atoms with E-state index in [0.29, 0.717) is 0 Å². The monoisotopic (exact) mass is 263 g/mol. The second-order valence-electron chi connectivity index (χ2n) is 4.54. The van der Waals surface area contributed by atoms with Crippen LogP contribution in [0.5, 0.6) is 0 Å². The molecule has 1 atom stereocenters. The van der Waals surface area contributed by atoms with E-state index in [4.69, 9.17) is 16.0 Å². The molecule has 96 valence electrons. The van der Waals surface area contributed by atoms with Crippen LogP contribution in [0, 0.1) is 20.8 Å². The standard InChI is InChI=1S/C15H18ClNO/c1-9-8-13(11(3)18-9)15(17-4)12-6-5-7-14(16)10(12)2/h5-8,15,17H,1-4H3. The van der Waals surface area contributed by atoms with Crippen molar-refractivity contribution in [2.24, 2.45) is 0 Å². The van der Waals surface area contributed by atoms with E-state index in [1.165, 1.54) is 11.1 Å². The third kappa shape index (κ3) is 2.31. The predicted molar refractivity (Wildman–Crippen MR) is 75.3 cm³/mol. The Balaban J connectivity index is 2.52. The van der Waals surface area contributed by atoms with Crippen molar-refractivity contribution in [2.45, 2.75) is 26.8 Å². The molecule has 0 amide bonds. The Morgan fingerprint density at radius 2 is 1.89 bits per heavy atom.